The number of hydrogen-bond acceptors (Lipinski definition) is 3. The number of nitrogens with zero attached hydrogens (tertiary/aromatic N) is 2. The monoisotopic (exact) mass is 365 g/mol. The fourth-order valence-electron chi connectivity index (χ4n) is 3.28. The first-order chi connectivity index (χ1) is 12.7. The largest absolute Gasteiger partial charge is 0.379 e. The Morgan fingerprint density at radius 2 is 2.08 bits per heavy atom. The van der Waals surface area contributed by atoms with E-state index in [-0.39, 0.29) is 11.9 Å². The highest BCUT2D eigenvalue weighted by molar-refractivity contribution is 6.35. The molecule has 2 heterocycles. The number of fused-ring (bicyclic) bond motifs is 1. The van der Waals surface area contributed by atoms with E-state index >= 15 is 0 Å². The molecule has 2 aromatic carbocycles. The Bertz CT molecular complexity index is 998. The van der Waals surface area contributed by atoms with Crippen molar-refractivity contribution < 1.29 is 9.53 Å². The van der Waals surface area contributed by atoms with Gasteiger partial charge in [-0.25, -0.2) is 0 Å². The summed E-state index contributed by atoms with van der Waals surface area (Å²) in [6, 6.07) is 16.5. The molecule has 1 saturated heterocycles. The number of halogens is 1. The Labute approximate surface area is 155 Å². The molecular formula is C20H16ClN3O2. The standard InChI is InChI=1S/C20H16ClN3O2/c21-17-3-1-2-14-10-18(23-19(14)17)20(25)24(16-8-9-26-12-16)15-6-4-13(11-22)5-7-15/h1-7,10,16,23H,8-9,12H2. The van der Waals surface area contributed by atoms with E-state index < -0.39 is 0 Å². The fraction of sp³-hybridized carbons (Fsp3) is 0.200. The maximum Gasteiger partial charge on any atom is 0.275 e. The van der Waals surface area contributed by atoms with Crippen molar-refractivity contribution in [3.63, 3.8) is 0 Å². The van der Waals surface area contributed by atoms with Gasteiger partial charge in [0.2, 0.25) is 0 Å². The highest BCUT2D eigenvalue weighted by Gasteiger charge is 2.30. The molecule has 1 fully saturated rings. The number of benzene rings is 2. The minimum Gasteiger partial charge on any atom is -0.379 e. The number of amides is 1. The van der Waals surface area contributed by atoms with Crippen LogP contribution < -0.4 is 4.90 Å². The summed E-state index contributed by atoms with van der Waals surface area (Å²) < 4.78 is 5.49. The first kappa shape index (κ1) is 16.6. The molecule has 0 aliphatic carbocycles. The van der Waals surface area contributed by atoms with Crippen molar-refractivity contribution >= 4 is 34.1 Å². The molecule has 0 radical (unpaired) electrons. The summed E-state index contributed by atoms with van der Waals surface area (Å²) in [5, 5.41) is 10.5. The maximum absolute atomic E-state index is 13.3. The van der Waals surface area contributed by atoms with Crippen molar-refractivity contribution in [3.05, 3.63) is 64.8 Å². The van der Waals surface area contributed by atoms with Crippen LogP contribution in [0.5, 0.6) is 0 Å². The predicted molar refractivity (Wildman–Crippen MR) is 100 cm³/mol. The lowest BCUT2D eigenvalue weighted by Gasteiger charge is -2.27. The topological polar surface area (TPSA) is 69.1 Å². The Morgan fingerprint density at radius 3 is 2.73 bits per heavy atom. The third-order valence-corrected chi connectivity index (χ3v) is 4.91. The number of para-hydroxylation sites is 1. The summed E-state index contributed by atoms with van der Waals surface area (Å²) in [4.78, 5) is 18.2. The molecule has 1 N–H and O–H groups in total. The van der Waals surface area contributed by atoms with Gasteiger partial charge in [0, 0.05) is 17.7 Å². The summed E-state index contributed by atoms with van der Waals surface area (Å²) in [6.45, 7) is 1.12. The first-order valence-electron chi connectivity index (χ1n) is 8.36. The van der Waals surface area contributed by atoms with Crippen molar-refractivity contribution in [3.8, 4) is 6.07 Å². The van der Waals surface area contributed by atoms with Crippen molar-refractivity contribution in [2.24, 2.45) is 0 Å². The van der Waals surface area contributed by atoms with Gasteiger partial charge in [0.15, 0.2) is 0 Å². The van der Waals surface area contributed by atoms with Gasteiger partial charge in [0.1, 0.15) is 5.69 Å². The summed E-state index contributed by atoms with van der Waals surface area (Å²) in [5.74, 6) is -0.141. The van der Waals surface area contributed by atoms with E-state index in [1.54, 1.807) is 35.2 Å². The van der Waals surface area contributed by atoms with E-state index in [0.717, 1.165) is 23.0 Å². The zero-order valence-electron chi connectivity index (χ0n) is 13.9. The number of anilines is 1. The van der Waals surface area contributed by atoms with Crippen LogP contribution in [0.2, 0.25) is 5.02 Å². The minimum absolute atomic E-state index is 0.0441. The second kappa shape index (κ2) is 6.83. The summed E-state index contributed by atoms with van der Waals surface area (Å²) in [6.07, 6.45) is 0.771. The lowest BCUT2D eigenvalue weighted by atomic mass is 10.1. The summed E-state index contributed by atoms with van der Waals surface area (Å²) in [7, 11) is 0. The quantitative estimate of drug-likeness (QED) is 0.758. The van der Waals surface area contributed by atoms with Gasteiger partial charge in [-0.15, -0.1) is 0 Å². The van der Waals surface area contributed by atoms with Crippen LogP contribution in [0, 0.1) is 11.3 Å². The minimum atomic E-state index is -0.141. The van der Waals surface area contributed by atoms with Crippen molar-refractivity contribution in [1.82, 2.24) is 4.98 Å². The van der Waals surface area contributed by atoms with Crippen LogP contribution in [0.3, 0.4) is 0 Å². The molecule has 0 saturated carbocycles. The molecule has 0 spiro atoms. The number of nitrogens with one attached hydrogen (secondary N) is 1. The predicted octanol–water partition coefficient (Wildman–Crippen LogP) is 4.13. The summed E-state index contributed by atoms with van der Waals surface area (Å²) >= 11 is 6.23. The maximum atomic E-state index is 13.3. The highest BCUT2D eigenvalue weighted by atomic mass is 35.5. The SMILES string of the molecule is N#Cc1ccc(N(C(=O)c2cc3cccc(Cl)c3[nH]2)C2CCOC2)cc1. The molecule has 1 unspecified atom stereocenters. The number of H-pyrrole nitrogens is 1. The van der Waals surface area contributed by atoms with E-state index in [2.05, 4.69) is 11.1 Å². The number of ether oxygens (including phenoxy) is 1. The number of carbonyl (C=O) groups is 1. The molecule has 1 aromatic heterocycles. The van der Waals surface area contributed by atoms with Crippen molar-refractivity contribution in [2.75, 3.05) is 18.1 Å². The average Bonchev–Trinajstić information content (AvgIpc) is 3.33. The van der Waals surface area contributed by atoms with Crippen LogP contribution in [-0.4, -0.2) is 30.1 Å². The zero-order chi connectivity index (χ0) is 18.1. The molecule has 1 aliphatic rings. The van der Waals surface area contributed by atoms with Gasteiger partial charge in [-0.2, -0.15) is 5.26 Å². The average molecular weight is 366 g/mol. The second-order valence-corrected chi connectivity index (χ2v) is 6.65. The summed E-state index contributed by atoms with van der Waals surface area (Å²) in [5.41, 5.74) is 2.53. The molecule has 5 nitrogen and oxygen atoms in total. The lowest BCUT2D eigenvalue weighted by molar-refractivity contribution is 0.0967. The van der Waals surface area contributed by atoms with Gasteiger partial charge < -0.3 is 14.6 Å². The molecule has 0 bridgehead atoms. The number of nitriles is 1. The van der Waals surface area contributed by atoms with Crippen LogP contribution in [0.4, 0.5) is 5.69 Å². The second-order valence-electron chi connectivity index (χ2n) is 6.24. The van der Waals surface area contributed by atoms with Gasteiger partial charge in [-0.1, -0.05) is 23.7 Å². The molecule has 3 aromatic rings. The number of aromatic amines is 1. The van der Waals surface area contributed by atoms with Crippen molar-refractivity contribution in [1.29, 1.82) is 5.26 Å². The lowest BCUT2D eigenvalue weighted by Crippen LogP contribution is -2.41. The fourth-order valence-corrected chi connectivity index (χ4v) is 3.51. The van der Waals surface area contributed by atoms with E-state index in [0.29, 0.717) is 29.5 Å². The van der Waals surface area contributed by atoms with Gasteiger partial charge in [-0.05, 0) is 42.8 Å². The third kappa shape index (κ3) is 2.94. The normalized spacial score (nSPS) is 16.5. The van der Waals surface area contributed by atoms with Crippen LogP contribution >= 0.6 is 11.6 Å². The van der Waals surface area contributed by atoms with E-state index in [9.17, 15) is 4.79 Å². The number of aromatic nitrogens is 1. The number of carbonyl (C=O) groups excluding carboxylic acids is 1. The Balaban J connectivity index is 1.75. The molecule has 1 amide bonds. The van der Waals surface area contributed by atoms with Crippen LogP contribution in [0.15, 0.2) is 48.5 Å². The van der Waals surface area contributed by atoms with Gasteiger partial charge in [-0.3, -0.25) is 4.79 Å². The molecule has 4 rings (SSSR count). The highest BCUT2D eigenvalue weighted by Crippen LogP contribution is 2.28. The molecule has 130 valence electrons. The van der Waals surface area contributed by atoms with Crippen LogP contribution in [0.25, 0.3) is 10.9 Å². The molecule has 26 heavy (non-hydrogen) atoms. The Hall–Kier alpha value is -2.81. The first-order valence-corrected chi connectivity index (χ1v) is 8.74. The van der Waals surface area contributed by atoms with Gasteiger partial charge in [0.05, 0.1) is 34.8 Å². The van der Waals surface area contributed by atoms with E-state index in [1.165, 1.54) is 0 Å². The Morgan fingerprint density at radius 1 is 1.27 bits per heavy atom. The zero-order valence-corrected chi connectivity index (χ0v) is 14.7. The van der Waals surface area contributed by atoms with Crippen molar-refractivity contribution in [2.45, 2.75) is 12.5 Å². The number of hydrogen-bond donors (Lipinski definition) is 1. The molecule has 1 aliphatic heterocycles. The Kier molecular flexibility index (Phi) is 4.37. The molecule has 6 heteroatoms. The molecule has 1 atom stereocenters. The van der Waals surface area contributed by atoms with E-state index in [1.807, 2.05) is 18.2 Å². The smallest absolute Gasteiger partial charge is 0.275 e. The molecular weight excluding hydrogens is 350 g/mol. The third-order valence-electron chi connectivity index (χ3n) is 4.60. The number of rotatable bonds is 3. The van der Waals surface area contributed by atoms with Crippen LogP contribution in [0.1, 0.15) is 22.5 Å². The van der Waals surface area contributed by atoms with Crippen LogP contribution in [-0.2, 0) is 4.74 Å². The van der Waals surface area contributed by atoms with Gasteiger partial charge >= 0.3 is 0 Å². The van der Waals surface area contributed by atoms with E-state index in [4.69, 9.17) is 21.6 Å². The van der Waals surface area contributed by atoms with Gasteiger partial charge in [0.25, 0.3) is 5.91 Å².